The van der Waals surface area contributed by atoms with Gasteiger partial charge in [0, 0.05) is 6.20 Å². The molecular formula is C14H15FN2. The van der Waals surface area contributed by atoms with E-state index in [1.165, 1.54) is 11.6 Å². The van der Waals surface area contributed by atoms with Gasteiger partial charge in [-0.2, -0.15) is 0 Å². The minimum atomic E-state index is -0.405. The van der Waals surface area contributed by atoms with E-state index in [2.05, 4.69) is 11.1 Å². The molecular weight excluding hydrogens is 215 g/mol. The summed E-state index contributed by atoms with van der Waals surface area (Å²) in [6, 6.07) is 10.6. The molecule has 0 saturated heterocycles. The van der Waals surface area contributed by atoms with Crippen LogP contribution in [0, 0.1) is 12.7 Å². The van der Waals surface area contributed by atoms with E-state index in [1.54, 1.807) is 12.3 Å². The van der Waals surface area contributed by atoms with E-state index in [-0.39, 0.29) is 5.82 Å². The van der Waals surface area contributed by atoms with Crippen LogP contribution >= 0.6 is 0 Å². The highest BCUT2D eigenvalue weighted by Crippen LogP contribution is 2.17. The third-order valence-electron chi connectivity index (χ3n) is 2.68. The predicted octanol–water partition coefficient (Wildman–Crippen LogP) is 2.77. The van der Waals surface area contributed by atoms with Crippen molar-refractivity contribution in [3.8, 4) is 0 Å². The molecule has 0 fully saturated rings. The van der Waals surface area contributed by atoms with Crippen LogP contribution in [0.15, 0.2) is 42.6 Å². The van der Waals surface area contributed by atoms with Gasteiger partial charge in [0.05, 0.1) is 11.7 Å². The summed E-state index contributed by atoms with van der Waals surface area (Å²) in [6.45, 7) is 2.02. The van der Waals surface area contributed by atoms with Crippen LogP contribution in [0.2, 0.25) is 0 Å². The van der Waals surface area contributed by atoms with Crippen LogP contribution < -0.4 is 5.73 Å². The lowest BCUT2D eigenvalue weighted by Gasteiger charge is -2.12. The van der Waals surface area contributed by atoms with E-state index in [0.29, 0.717) is 12.1 Å². The van der Waals surface area contributed by atoms with Crippen molar-refractivity contribution in [2.45, 2.75) is 19.4 Å². The summed E-state index contributed by atoms with van der Waals surface area (Å²) in [5.41, 5.74) is 8.58. The Morgan fingerprint density at radius 2 is 2.12 bits per heavy atom. The van der Waals surface area contributed by atoms with Crippen molar-refractivity contribution in [1.82, 2.24) is 4.98 Å². The highest BCUT2D eigenvalue weighted by atomic mass is 19.1. The van der Waals surface area contributed by atoms with Gasteiger partial charge in [-0.15, -0.1) is 0 Å². The number of aryl methyl sites for hydroxylation is 1. The van der Waals surface area contributed by atoms with Crippen LogP contribution in [0.5, 0.6) is 0 Å². The minimum absolute atomic E-state index is 0.328. The Kier molecular flexibility index (Phi) is 3.49. The van der Waals surface area contributed by atoms with E-state index in [1.807, 2.05) is 25.1 Å². The van der Waals surface area contributed by atoms with Gasteiger partial charge in [-0.25, -0.2) is 4.39 Å². The number of rotatable bonds is 3. The lowest BCUT2D eigenvalue weighted by Crippen LogP contribution is -2.16. The average Bonchev–Trinajstić information content (AvgIpc) is 2.29. The quantitative estimate of drug-likeness (QED) is 0.880. The van der Waals surface area contributed by atoms with Crippen molar-refractivity contribution < 1.29 is 4.39 Å². The first-order valence-corrected chi connectivity index (χ1v) is 5.58. The number of hydrogen-bond acceptors (Lipinski definition) is 2. The standard InChI is InChI=1S/C14H15FN2/c1-10-4-2-5-11(8-10)9-13(16)14-12(15)6-3-7-17-14/h2-8,13H,9,16H2,1H3. The first-order chi connectivity index (χ1) is 8.16. The van der Waals surface area contributed by atoms with Gasteiger partial charge >= 0.3 is 0 Å². The molecule has 0 bridgehead atoms. The van der Waals surface area contributed by atoms with E-state index in [0.717, 1.165) is 5.56 Å². The van der Waals surface area contributed by atoms with Crippen LogP contribution in [0.25, 0.3) is 0 Å². The van der Waals surface area contributed by atoms with Gasteiger partial charge in [-0.1, -0.05) is 29.8 Å². The summed E-state index contributed by atoms with van der Waals surface area (Å²) in [6.07, 6.45) is 2.16. The first kappa shape index (κ1) is 11.7. The Balaban J connectivity index is 2.17. The van der Waals surface area contributed by atoms with Crippen molar-refractivity contribution in [3.05, 3.63) is 65.2 Å². The molecule has 0 aliphatic rings. The molecule has 0 spiro atoms. The second-order valence-corrected chi connectivity index (χ2v) is 4.17. The molecule has 1 aromatic heterocycles. The fraction of sp³-hybridized carbons (Fsp3) is 0.214. The molecule has 0 aliphatic heterocycles. The molecule has 0 aliphatic carbocycles. The lowest BCUT2D eigenvalue weighted by molar-refractivity contribution is 0.564. The third-order valence-corrected chi connectivity index (χ3v) is 2.68. The highest BCUT2D eigenvalue weighted by Gasteiger charge is 2.12. The molecule has 0 amide bonds. The molecule has 1 unspecified atom stereocenters. The van der Waals surface area contributed by atoms with Crippen LogP contribution in [0.4, 0.5) is 4.39 Å². The monoisotopic (exact) mass is 230 g/mol. The molecule has 2 N–H and O–H groups in total. The van der Waals surface area contributed by atoms with E-state index >= 15 is 0 Å². The zero-order valence-corrected chi connectivity index (χ0v) is 9.73. The molecule has 17 heavy (non-hydrogen) atoms. The smallest absolute Gasteiger partial charge is 0.146 e. The van der Waals surface area contributed by atoms with Crippen LogP contribution in [-0.2, 0) is 6.42 Å². The van der Waals surface area contributed by atoms with E-state index in [9.17, 15) is 4.39 Å². The van der Waals surface area contributed by atoms with E-state index < -0.39 is 6.04 Å². The topological polar surface area (TPSA) is 38.9 Å². The molecule has 2 rings (SSSR count). The fourth-order valence-electron chi connectivity index (χ4n) is 1.86. The number of hydrogen-bond donors (Lipinski definition) is 1. The Hall–Kier alpha value is -1.74. The van der Waals surface area contributed by atoms with Crippen molar-refractivity contribution >= 4 is 0 Å². The Morgan fingerprint density at radius 1 is 1.29 bits per heavy atom. The number of pyridine rings is 1. The minimum Gasteiger partial charge on any atom is -0.322 e. The van der Waals surface area contributed by atoms with Gasteiger partial charge in [0.1, 0.15) is 5.82 Å². The summed E-state index contributed by atoms with van der Waals surface area (Å²) in [7, 11) is 0. The zero-order valence-electron chi connectivity index (χ0n) is 9.73. The summed E-state index contributed by atoms with van der Waals surface area (Å²) in [5, 5.41) is 0. The van der Waals surface area contributed by atoms with Gasteiger partial charge in [0.25, 0.3) is 0 Å². The maximum atomic E-state index is 13.5. The molecule has 1 aromatic carbocycles. The number of benzene rings is 1. The third kappa shape index (κ3) is 2.88. The van der Waals surface area contributed by atoms with E-state index in [4.69, 9.17) is 5.73 Å². The summed E-state index contributed by atoms with van der Waals surface area (Å²) in [4.78, 5) is 4.00. The Labute approximate surface area is 100 Å². The first-order valence-electron chi connectivity index (χ1n) is 5.58. The van der Waals surface area contributed by atoms with Crippen LogP contribution in [0.3, 0.4) is 0 Å². The Bertz CT molecular complexity index is 511. The van der Waals surface area contributed by atoms with Crippen molar-refractivity contribution in [3.63, 3.8) is 0 Å². The summed E-state index contributed by atoms with van der Waals surface area (Å²) < 4.78 is 13.5. The summed E-state index contributed by atoms with van der Waals surface area (Å²) >= 11 is 0. The summed E-state index contributed by atoms with van der Waals surface area (Å²) in [5.74, 6) is -0.340. The highest BCUT2D eigenvalue weighted by molar-refractivity contribution is 5.24. The average molecular weight is 230 g/mol. The maximum absolute atomic E-state index is 13.5. The number of nitrogens with zero attached hydrogens (tertiary/aromatic N) is 1. The molecule has 2 aromatic rings. The zero-order chi connectivity index (χ0) is 12.3. The predicted molar refractivity (Wildman–Crippen MR) is 66.0 cm³/mol. The van der Waals surface area contributed by atoms with Crippen LogP contribution in [0.1, 0.15) is 22.9 Å². The molecule has 1 heterocycles. The maximum Gasteiger partial charge on any atom is 0.146 e. The van der Waals surface area contributed by atoms with Crippen molar-refractivity contribution in [2.24, 2.45) is 5.73 Å². The second kappa shape index (κ2) is 5.06. The van der Waals surface area contributed by atoms with Gasteiger partial charge < -0.3 is 5.73 Å². The van der Waals surface area contributed by atoms with Crippen molar-refractivity contribution in [2.75, 3.05) is 0 Å². The van der Waals surface area contributed by atoms with Gasteiger partial charge in [0.15, 0.2) is 0 Å². The number of nitrogens with two attached hydrogens (primary N) is 1. The van der Waals surface area contributed by atoms with Gasteiger partial charge in [-0.05, 0) is 31.0 Å². The molecule has 88 valence electrons. The van der Waals surface area contributed by atoms with Gasteiger partial charge in [-0.3, -0.25) is 4.98 Å². The number of aromatic nitrogens is 1. The molecule has 0 radical (unpaired) electrons. The fourth-order valence-corrected chi connectivity index (χ4v) is 1.86. The largest absolute Gasteiger partial charge is 0.322 e. The van der Waals surface area contributed by atoms with Gasteiger partial charge in [0.2, 0.25) is 0 Å². The lowest BCUT2D eigenvalue weighted by atomic mass is 10.0. The molecule has 0 saturated carbocycles. The van der Waals surface area contributed by atoms with Crippen molar-refractivity contribution in [1.29, 1.82) is 0 Å². The molecule has 2 nitrogen and oxygen atoms in total. The molecule has 1 atom stereocenters. The number of halogens is 1. The molecule has 3 heteroatoms. The Morgan fingerprint density at radius 3 is 2.82 bits per heavy atom. The van der Waals surface area contributed by atoms with Crippen LogP contribution in [-0.4, -0.2) is 4.98 Å². The second-order valence-electron chi connectivity index (χ2n) is 4.17. The SMILES string of the molecule is Cc1cccc(CC(N)c2ncccc2F)c1. The normalized spacial score (nSPS) is 12.4.